The molecule has 0 atom stereocenters. The van der Waals surface area contributed by atoms with Crippen LogP contribution >= 0.6 is 15.9 Å². The number of nitrogens with zero attached hydrogens (tertiary/aromatic N) is 3. The number of amides is 3. The van der Waals surface area contributed by atoms with E-state index in [1.807, 2.05) is 25.1 Å². The van der Waals surface area contributed by atoms with E-state index in [0.717, 1.165) is 54.5 Å². The minimum Gasteiger partial charge on any atom is -0.424 e. The quantitative estimate of drug-likeness (QED) is 0.168. The number of aromatic nitrogens is 2. The normalized spacial score (nSPS) is 10.7. The average Bonchev–Trinajstić information content (AvgIpc) is 2.94. The first kappa shape index (κ1) is 31.1. The third-order valence-corrected chi connectivity index (χ3v) is 6.92. The molecule has 0 saturated heterocycles. The minimum absolute atomic E-state index is 0.221. The maximum Gasteiger partial charge on any atom is 0.326 e. The van der Waals surface area contributed by atoms with Crippen molar-refractivity contribution in [1.82, 2.24) is 15.3 Å². The van der Waals surface area contributed by atoms with Gasteiger partial charge in [0.05, 0.1) is 10.0 Å². The van der Waals surface area contributed by atoms with Gasteiger partial charge in [-0.15, -0.1) is 0 Å². The Balaban J connectivity index is 1.65. The van der Waals surface area contributed by atoms with Crippen LogP contribution in [0.5, 0.6) is 11.8 Å². The van der Waals surface area contributed by atoms with E-state index in [9.17, 15) is 9.59 Å². The predicted molar refractivity (Wildman–Crippen MR) is 164 cm³/mol. The summed E-state index contributed by atoms with van der Waals surface area (Å²) in [4.78, 5) is 36.5. The van der Waals surface area contributed by atoms with Crippen LogP contribution in [0.2, 0.25) is 0 Å². The molecule has 3 rings (SSSR count). The Hall–Kier alpha value is -3.46. The number of benzene rings is 2. The molecule has 0 aliphatic carbocycles. The number of aryl methyl sites for hydroxylation is 1. The van der Waals surface area contributed by atoms with Gasteiger partial charge in [0.25, 0.3) is 5.91 Å². The number of urea groups is 1. The lowest BCUT2D eigenvalue weighted by molar-refractivity contribution is 0.0967. The van der Waals surface area contributed by atoms with Crippen LogP contribution in [0, 0.1) is 6.92 Å². The van der Waals surface area contributed by atoms with E-state index in [0.29, 0.717) is 17.0 Å². The molecule has 1 heterocycles. The van der Waals surface area contributed by atoms with Gasteiger partial charge in [0.2, 0.25) is 0 Å². The molecule has 0 radical (unpaired) electrons. The maximum absolute atomic E-state index is 13.2. The topological polar surface area (TPSA) is 96.5 Å². The maximum atomic E-state index is 13.2. The molecule has 40 heavy (non-hydrogen) atoms. The van der Waals surface area contributed by atoms with Gasteiger partial charge < -0.3 is 15.0 Å². The Kier molecular flexibility index (Phi) is 12.9. The molecular weight excluding hydrogens is 570 g/mol. The molecule has 2 aromatic carbocycles. The molecule has 0 spiro atoms. The van der Waals surface area contributed by atoms with Gasteiger partial charge in [-0.3, -0.25) is 10.1 Å². The molecule has 0 aliphatic rings. The highest BCUT2D eigenvalue weighted by Crippen LogP contribution is 2.26. The molecule has 0 saturated carbocycles. The molecule has 0 aliphatic heterocycles. The van der Waals surface area contributed by atoms with E-state index < -0.39 is 11.9 Å². The summed E-state index contributed by atoms with van der Waals surface area (Å²) in [6.45, 7) is 8.04. The molecule has 0 bridgehead atoms. The largest absolute Gasteiger partial charge is 0.424 e. The summed E-state index contributed by atoms with van der Waals surface area (Å²) in [5.74, 6) is 0.139. The second kappa shape index (κ2) is 16.6. The lowest BCUT2D eigenvalue weighted by Crippen LogP contribution is -2.36. The molecule has 9 heteroatoms. The van der Waals surface area contributed by atoms with Crippen LogP contribution in [0.1, 0.15) is 81.1 Å². The van der Waals surface area contributed by atoms with Gasteiger partial charge in [0, 0.05) is 36.9 Å². The number of imide groups is 1. The Bertz CT molecular complexity index is 1220. The highest BCUT2D eigenvalue weighted by atomic mass is 79.9. The molecule has 2 N–H and O–H groups in total. The zero-order chi connectivity index (χ0) is 28.7. The SMILES string of the molecule is CCCCCCN(CCCCCC)c1ccccc1C(=O)NC(=O)Nc1ccc(Oc2ncc(Br)cn2)c(C)c1. The van der Waals surface area contributed by atoms with Crippen LogP contribution in [-0.4, -0.2) is 35.0 Å². The van der Waals surface area contributed by atoms with Crippen molar-refractivity contribution in [2.24, 2.45) is 0 Å². The number of hydrogen-bond donors (Lipinski definition) is 2. The smallest absolute Gasteiger partial charge is 0.326 e. The highest BCUT2D eigenvalue weighted by molar-refractivity contribution is 9.10. The molecule has 0 unspecified atom stereocenters. The average molecular weight is 611 g/mol. The standard InChI is InChI=1S/C31H40BrN5O3/c1-4-6-8-12-18-37(19-13-9-7-5-2)27-15-11-10-14-26(27)29(38)36-30(39)35-25-16-17-28(23(3)20-25)40-31-33-21-24(32)22-34-31/h10-11,14-17,20-22H,4-9,12-13,18-19H2,1-3H3,(H2,35,36,38,39). The van der Waals surface area contributed by atoms with Gasteiger partial charge in [0.15, 0.2) is 0 Å². The fourth-order valence-electron chi connectivity index (χ4n) is 4.38. The Morgan fingerprint density at radius 3 is 2.17 bits per heavy atom. The Morgan fingerprint density at radius 1 is 0.900 bits per heavy atom. The van der Waals surface area contributed by atoms with E-state index in [1.54, 1.807) is 36.7 Å². The fourth-order valence-corrected chi connectivity index (χ4v) is 4.58. The van der Waals surface area contributed by atoms with Gasteiger partial charge in [-0.2, -0.15) is 0 Å². The Morgan fingerprint density at radius 2 is 1.55 bits per heavy atom. The molecule has 214 valence electrons. The summed E-state index contributed by atoms with van der Waals surface area (Å²) in [7, 11) is 0. The van der Waals surface area contributed by atoms with E-state index in [-0.39, 0.29) is 6.01 Å². The van der Waals surface area contributed by atoms with Crippen LogP contribution in [0.3, 0.4) is 0 Å². The number of rotatable bonds is 15. The molecular formula is C31H40BrN5O3. The summed E-state index contributed by atoms with van der Waals surface area (Å²) in [5, 5.41) is 5.25. The number of hydrogen-bond acceptors (Lipinski definition) is 6. The van der Waals surface area contributed by atoms with E-state index >= 15 is 0 Å². The lowest BCUT2D eigenvalue weighted by Gasteiger charge is -2.27. The van der Waals surface area contributed by atoms with Crippen molar-refractivity contribution in [2.75, 3.05) is 23.3 Å². The minimum atomic E-state index is -0.596. The lowest BCUT2D eigenvalue weighted by atomic mass is 10.1. The van der Waals surface area contributed by atoms with Crippen molar-refractivity contribution >= 4 is 39.2 Å². The number of para-hydroxylation sites is 1. The highest BCUT2D eigenvalue weighted by Gasteiger charge is 2.18. The number of ether oxygens (including phenoxy) is 1. The van der Waals surface area contributed by atoms with Crippen LogP contribution in [0.25, 0.3) is 0 Å². The van der Waals surface area contributed by atoms with E-state index in [1.165, 1.54) is 25.7 Å². The van der Waals surface area contributed by atoms with Crippen LogP contribution < -0.4 is 20.3 Å². The third-order valence-electron chi connectivity index (χ3n) is 6.51. The first-order valence-electron chi connectivity index (χ1n) is 14.1. The van der Waals surface area contributed by atoms with Gasteiger partial charge in [-0.05, 0) is 71.6 Å². The van der Waals surface area contributed by atoms with Crippen molar-refractivity contribution in [3.63, 3.8) is 0 Å². The van der Waals surface area contributed by atoms with Crippen LogP contribution in [0.4, 0.5) is 16.2 Å². The van der Waals surface area contributed by atoms with Gasteiger partial charge in [0.1, 0.15) is 5.75 Å². The monoisotopic (exact) mass is 609 g/mol. The first-order chi connectivity index (χ1) is 19.4. The number of anilines is 2. The summed E-state index contributed by atoms with van der Waals surface area (Å²) >= 11 is 3.30. The summed E-state index contributed by atoms with van der Waals surface area (Å²) < 4.78 is 6.49. The zero-order valence-electron chi connectivity index (χ0n) is 23.7. The summed E-state index contributed by atoms with van der Waals surface area (Å²) in [5.41, 5.74) is 2.68. The number of nitrogens with one attached hydrogen (secondary N) is 2. The fraction of sp³-hybridized carbons (Fsp3) is 0.419. The van der Waals surface area contributed by atoms with Crippen molar-refractivity contribution in [3.05, 3.63) is 70.5 Å². The van der Waals surface area contributed by atoms with E-state index in [2.05, 4.69) is 55.3 Å². The number of unbranched alkanes of at least 4 members (excludes halogenated alkanes) is 6. The zero-order valence-corrected chi connectivity index (χ0v) is 25.3. The molecule has 8 nitrogen and oxygen atoms in total. The molecule has 3 aromatic rings. The van der Waals surface area contributed by atoms with Gasteiger partial charge in [-0.1, -0.05) is 64.5 Å². The number of carbonyl (C=O) groups is 2. The molecule has 0 fully saturated rings. The van der Waals surface area contributed by atoms with Crippen molar-refractivity contribution < 1.29 is 14.3 Å². The summed E-state index contributed by atoms with van der Waals surface area (Å²) in [6, 6.07) is 12.4. The second-order valence-corrected chi connectivity index (χ2v) is 10.7. The Labute approximate surface area is 246 Å². The molecule has 3 amide bonds. The van der Waals surface area contributed by atoms with Crippen molar-refractivity contribution in [2.45, 2.75) is 72.1 Å². The second-order valence-electron chi connectivity index (χ2n) is 9.80. The number of halogens is 1. The van der Waals surface area contributed by atoms with Crippen LogP contribution in [0.15, 0.2) is 59.3 Å². The van der Waals surface area contributed by atoms with Crippen LogP contribution in [-0.2, 0) is 0 Å². The first-order valence-corrected chi connectivity index (χ1v) is 14.9. The third kappa shape index (κ3) is 9.93. The molecule has 1 aromatic heterocycles. The van der Waals surface area contributed by atoms with E-state index in [4.69, 9.17) is 4.74 Å². The predicted octanol–water partition coefficient (Wildman–Crippen LogP) is 8.27. The van der Waals surface area contributed by atoms with Crippen molar-refractivity contribution in [1.29, 1.82) is 0 Å². The number of carbonyl (C=O) groups excluding carboxylic acids is 2. The van der Waals surface area contributed by atoms with Crippen molar-refractivity contribution in [3.8, 4) is 11.8 Å². The van der Waals surface area contributed by atoms with Gasteiger partial charge in [-0.25, -0.2) is 14.8 Å². The summed E-state index contributed by atoms with van der Waals surface area (Å²) in [6.07, 6.45) is 12.5. The van der Waals surface area contributed by atoms with Gasteiger partial charge >= 0.3 is 12.0 Å².